The summed E-state index contributed by atoms with van der Waals surface area (Å²) in [5.74, 6) is -0.894. The summed E-state index contributed by atoms with van der Waals surface area (Å²) in [7, 11) is 0. The third-order valence-corrected chi connectivity index (χ3v) is 2.24. The molecule has 0 heterocycles. The molecule has 0 aliphatic rings. The van der Waals surface area contributed by atoms with Crippen LogP contribution in [0.4, 0.5) is 0 Å². The summed E-state index contributed by atoms with van der Waals surface area (Å²) in [6.45, 7) is 0. The number of benzene rings is 2. The molecule has 0 amide bonds. The van der Waals surface area contributed by atoms with Crippen molar-refractivity contribution in [2.45, 2.75) is 0 Å². The van der Waals surface area contributed by atoms with Gasteiger partial charge >= 0.3 is 5.97 Å². The first-order valence-corrected chi connectivity index (χ1v) is 4.66. The third kappa shape index (κ3) is 2.72. The largest absolute Gasteiger partial charge is 0.478 e. The molecule has 1 radical (unpaired) electrons. The van der Waals surface area contributed by atoms with Gasteiger partial charge in [-0.25, -0.2) is 4.79 Å². The van der Waals surface area contributed by atoms with Gasteiger partial charge in [-0.2, -0.15) is 0 Å². The molecular weight excluding hydrogens is 252 g/mol. The van der Waals surface area contributed by atoms with Crippen molar-refractivity contribution >= 4 is 5.97 Å². The minimum Gasteiger partial charge on any atom is -0.478 e. The van der Waals surface area contributed by atoms with E-state index in [0.717, 1.165) is 11.1 Å². The molecule has 2 rings (SSSR count). The van der Waals surface area contributed by atoms with Gasteiger partial charge in [-0.05, 0) is 23.3 Å². The molecule has 0 aliphatic heterocycles. The van der Waals surface area contributed by atoms with E-state index in [4.69, 9.17) is 5.11 Å². The van der Waals surface area contributed by atoms with Crippen LogP contribution >= 0.6 is 0 Å². The summed E-state index contributed by atoms with van der Waals surface area (Å²) in [6.07, 6.45) is 0. The number of hydrogen-bond acceptors (Lipinski definition) is 1. The second-order valence-electron chi connectivity index (χ2n) is 3.25. The van der Waals surface area contributed by atoms with Crippen molar-refractivity contribution in [3.05, 3.63) is 60.2 Å². The Morgan fingerprint density at radius 3 is 1.81 bits per heavy atom. The average molecular weight is 262 g/mol. The minimum atomic E-state index is -0.894. The van der Waals surface area contributed by atoms with Crippen LogP contribution in [0.1, 0.15) is 10.4 Å². The van der Waals surface area contributed by atoms with Gasteiger partial charge in [0, 0.05) is 17.1 Å². The minimum absolute atomic E-state index is 0. The summed E-state index contributed by atoms with van der Waals surface area (Å²) in [5.41, 5.74) is 2.43. The summed E-state index contributed by atoms with van der Waals surface area (Å²) in [4.78, 5) is 10.6. The maximum absolute atomic E-state index is 10.6. The van der Waals surface area contributed by atoms with E-state index in [1.54, 1.807) is 12.1 Å². The average Bonchev–Trinajstić information content (AvgIpc) is 2.30. The molecule has 0 saturated heterocycles. The van der Waals surface area contributed by atoms with E-state index in [1.165, 1.54) is 0 Å². The first-order chi connectivity index (χ1) is 7.27. The normalized spacial score (nSPS) is 9.25. The second kappa shape index (κ2) is 5.50. The second-order valence-corrected chi connectivity index (χ2v) is 3.25. The van der Waals surface area contributed by atoms with Crippen molar-refractivity contribution < 1.29 is 27.0 Å². The first kappa shape index (κ1) is 12.5. The zero-order chi connectivity index (χ0) is 10.7. The van der Waals surface area contributed by atoms with E-state index in [2.05, 4.69) is 0 Å². The zero-order valence-corrected chi connectivity index (χ0v) is 9.29. The van der Waals surface area contributed by atoms with E-state index < -0.39 is 5.97 Å². The van der Waals surface area contributed by atoms with Gasteiger partial charge in [-0.3, -0.25) is 0 Å². The molecule has 0 fully saturated rings. The molecule has 0 aromatic heterocycles. The number of rotatable bonds is 2. The number of hydrogen-bond donors (Lipinski definition) is 1. The smallest absolute Gasteiger partial charge is 0.335 e. The van der Waals surface area contributed by atoms with Gasteiger partial charge in [0.25, 0.3) is 0 Å². The Hall–Kier alpha value is -1.57. The molecule has 0 bridgehead atoms. The fourth-order valence-electron chi connectivity index (χ4n) is 1.44. The molecule has 0 saturated carbocycles. The van der Waals surface area contributed by atoms with E-state index >= 15 is 0 Å². The van der Waals surface area contributed by atoms with E-state index in [0.29, 0.717) is 5.56 Å². The van der Waals surface area contributed by atoms with Crippen LogP contribution in [0.2, 0.25) is 0 Å². The Morgan fingerprint density at radius 1 is 0.812 bits per heavy atom. The first-order valence-electron chi connectivity index (χ1n) is 4.66. The molecule has 0 aliphatic carbocycles. The van der Waals surface area contributed by atoms with Crippen LogP contribution in [0.15, 0.2) is 54.6 Å². The molecule has 16 heavy (non-hydrogen) atoms. The molecule has 0 unspecified atom stereocenters. The third-order valence-electron chi connectivity index (χ3n) is 2.24. The van der Waals surface area contributed by atoms with Crippen molar-refractivity contribution in [1.82, 2.24) is 0 Å². The van der Waals surface area contributed by atoms with Gasteiger partial charge in [-0.15, -0.1) is 0 Å². The van der Waals surface area contributed by atoms with Gasteiger partial charge in [0.1, 0.15) is 0 Å². The Morgan fingerprint density at radius 2 is 1.31 bits per heavy atom. The van der Waals surface area contributed by atoms with Crippen molar-refractivity contribution in [1.29, 1.82) is 0 Å². The predicted octanol–water partition coefficient (Wildman–Crippen LogP) is 3.05. The molecule has 2 aromatic carbocycles. The van der Waals surface area contributed by atoms with Gasteiger partial charge < -0.3 is 5.11 Å². The molecule has 2 nitrogen and oxygen atoms in total. The quantitative estimate of drug-likeness (QED) is 0.844. The SMILES string of the molecule is O=C(O)c1ccc(-c2ccccc2)cc1.[Cu]. The number of carboxylic acids is 1. The topological polar surface area (TPSA) is 37.3 Å². The molecular formula is C13H10CuO2. The standard InChI is InChI=1S/C13H10O2.Cu/c14-13(15)12-8-6-11(7-9-12)10-4-2-1-3-5-10;/h1-9H,(H,14,15);. The van der Waals surface area contributed by atoms with Gasteiger partial charge in [0.2, 0.25) is 0 Å². The maximum Gasteiger partial charge on any atom is 0.335 e. The fraction of sp³-hybridized carbons (Fsp3) is 0. The van der Waals surface area contributed by atoms with Crippen LogP contribution < -0.4 is 0 Å². The number of carbonyl (C=O) groups is 1. The molecule has 0 spiro atoms. The Balaban J connectivity index is 0.00000128. The summed E-state index contributed by atoms with van der Waals surface area (Å²) in [5, 5.41) is 8.75. The van der Waals surface area contributed by atoms with E-state index in [1.807, 2.05) is 42.5 Å². The van der Waals surface area contributed by atoms with Crippen LogP contribution in [0.5, 0.6) is 0 Å². The van der Waals surface area contributed by atoms with Crippen molar-refractivity contribution in [3.8, 4) is 11.1 Å². The summed E-state index contributed by atoms with van der Waals surface area (Å²) < 4.78 is 0. The van der Waals surface area contributed by atoms with Crippen LogP contribution in [0.25, 0.3) is 11.1 Å². The van der Waals surface area contributed by atoms with Crippen molar-refractivity contribution in [2.24, 2.45) is 0 Å². The molecule has 2 aromatic rings. The van der Waals surface area contributed by atoms with E-state index in [9.17, 15) is 4.79 Å². The van der Waals surface area contributed by atoms with E-state index in [-0.39, 0.29) is 17.1 Å². The number of aromatic carboxylic acids is 1. The molecule has 85 valence electrons. The molecule has 3 heteroatoms. The maximum atomic E-state index is 10.6. The Kier molecular flexibility index (Phi) is 4.29. The monoisotopic (exact) mass is 261 g/mol. The molecule has 1 N–H and O–H groups in total. The predicted molar refractivity (Wildman–Crippen MR) is 58.8 cm³/mol. The Labute approximate surface area is 104 Å². The van der Waals surface area contributed by atoms with Crippen molar-refractivity contribution in [3.63, 3.8) is 0 Å². The van der Waals surface area contributed by atoms with Crippen LogP contribution in [0.3, 0.4) is 0 Å². The molecule has 0 atom stereocenters. The van der Waals surface area contributed by atoms with Gasteiger partial charge in [0.05, 0.1) is 5.56 Å². The number of carboxylic acid groups (broad SMARTS) is 1. The van der Waals surface area contributed by atoms with Gasteiger partial charge in [0.15, 0.2) is 0 Å². The summed E-state index contributed by atoms with van der Waals surface area (Å²) in [6, 6.07) is 16.7. The van der Waals surface area contributed by atoms with Crippen LogP contribution in [-0.4, -0.2) is 11.1 Å². The Bertz CT molecular complexity index is 463. The zero-order valence-electron chi connectivity index (χ0n) is 8.35. The van der Waals surface area contributed by atoms with Gasteiger partial charge in [-0.1, -0.05) is 42.5 Å². The van der Waals surface area contributed by atoms with Crippen LogP contribution in [0, 0.1) is 0 Å². The van der Waals surface area contributed by atoms with Crippen molar-refractivity contribution in [2.75, 3.05) is 0 Å². The summed E-state index contributed by atoms with van der Waals surface area (Å²) >= 11 is 0. The van der Waals surface area contributed by atoms with Crippen LogP contribution in [-0.2, 0) is 17.1 Å². The fourth-order valence-corrected chi connectivity index (χ4v) is 1.44.